The highest BCUT2D eigenvalue weighted by Crippen LogP contribution is 2.30. The molecule has 3 rings (SSSR count). The van der Waals surface area contributed by atoms with Crippen LogP contribution < -0.4 is 9.46 Å². The Bertz CT molecular complexity index is 1110. The Kier molecular flexibility index (Phi) is 7.89. The van der Waals surface area contributed by atoms with Gasteiger partial charge in [0.25, 0.3) is 10.0 Å². The van der Waals surface area contributed by atoms with E-state index in [1.165, 1.54) is 6.92 Å². The molecule has 2 heterocycles. The van der Waals surface area contributed by atoms with Gasteiger partial charge < -0.3 is 24.2 Å². The van der Waals surface area contributed by atoms with Crippen LogP contribution in [0.1, 0.15) is 30.9 Å². The summed E-state index contributed by atoms with van der Waals surface area (Å²) in [5.74, 6) is 0.574. The molecule has 1 aliphatic heterocycles. The molecule has 188 valence electrons. The quantitative estimate of drug-likeness (QED) is 0.597. The number of hydrogen-bond acceptors (Lipinski definition) is 8. The second-order valence-corrected chi connectivity index (χ2v) is 10.9. The number of carbonyl (C=O) groups excluding carboxylic acids is 1. The van der Waals surface area contributed by atoms with E-state index in [1.807, 2.05) is 25.9 Å². The van der Waals surface area contributed by atoms with Crippen molar-refractivity contribution in [2.24, 2.45) is 5.92 Å². The van der Waals surface area contributed by atoms with Crippen LogP contribution in [-0.2, 0) is 21.2 Å². The Morgan fingerprint density at radius 3 is 2.62 bits per heavy atom. The van der Waals surface area contributed by atoms with Crippen LogP contribution in [0.3, 0.4) is 0 Å². The maximum Gasteiger partial charge on any atom is 0.267 e. The first-order valence-electron chi connectivity index (χ1n) is 11.2. The van der Waals surface area contributed by atoms with Crippen LogP contribution >= 0.6 is 0 Å². The van der Waals surface area contributed by atoms with Crippen LogP contribution in [0.4, 0.5) is 5.69 Å². The largest absolute Gasteiger partial charge is 0.488 e. The molecule has 1 amide bonds. The number of amides is 1. The van der Waals surface area contributed by atoms with Crippen molar-refractivity contribution in [2.45, 2.75) is 51.2 Å². The van der Waals surface area contributed by atoms with Gasteiger partial charge in [0.15, 0.2) is 10.7 Å². The zero-order chi connectivity index (χ0) is 25.2. The van der Waals surface area contributed by atoms with Gasteiger partial charge in [-0.15, -0.1) is 0 Å². The predicted octanol–water partition coefficient (Wildman–Crippen LogP) is 1.80. The monoisotopic (exact) mass is 494 g/mol. The highest BCUT2D eigenvalue weighted by atomic mass is 32.2. The number of aliphatic hydroxyl groups is 1. The van der Waals surface area contributed by atoms with Crippen molar-refractivity contribution in [1.29, 1.82) is 0 Å². The number of ether oxygens (including phenoxy) is 1. The lowest BCUT2D eigenvalue weighted by Crippen LogP contribution is -2.47. The molecule has 0 radical (unpaired) electrons. The summed E-state index contributed by atoms with van der Waals surface area (Å²) >= 11 is 0. The molecule has 0 aliphatic carbocycles. The maximum atomic E-state index is 13.2. The van der Waals surface area contributed by atoms with E-state index in [0.29, 0.717) is 30.1 Å². The lowest BCUT2D eigenvalue weighted by Gasteiger charge is -2.33. The predicted molar refractivity (Wildman–Crippen MR) is 127 cm³/mol. The molecule has 34 heavy (non-hydrogen) atoms. The molecule has 0 unspecified atom stereocenters. The number of nitrogens with one attached hydrogen (secondary N) is 1. The van der Waals surface area contributed by atoms with Crippen molar-refractivity contribution < 1.29 is 27.6 Å². The molecule has 2 aromatic rings. The van der Waals surface area contributed by atoms with Crippen LogP contribution in [0.2, 0.25) is 0 Å². The van der Waals surface area contributed by atoms with Gasteiger partial charge in [-0.25, -0.2) is 8.42 Å². The van der Waals surface area contributed by atoms with E-state index in [2.05, 4.69) is 9.88 Å². The Morgan fingerprint density at radius 1 is 1.32 bits per heavy atom. The summed E-state index contributed by atoms with van der Waals surface area (Å²) in [6.45, 7) is 7.85. The molecule has 0 saturated carbocycles. The molecular weight excluding hydrogens is 460 g/mol. The number of nitrogens with zero attached hydrogens (tertiary/aromatic N) is 3. The van der Waals surface area contributed by atoms with Crippen LogP contribution in [0.25, 0.3) is 0 Å². The maximum absolute atomic E-state index is 13.2. The van der Waals surface area contributed by atoms with Crippen molar-refractivity contribution in [1.82, 2.24) is 15.0 Å². The summed E-state index contributed by atoms with van der Waals surface area (Å²) in [5, 5.41) is 13.4. The molecule has 0 saturated heterocycles. The summed E-state index contributed by atoms with van der Waals surface area (Å²) < 4.78 is 39.8. The van der Waals surface area contributed by atoms with Crippen molar-refractivity contribution in [3.8, 4) is 5.75 Å². The molecular formula is C23H34N4O6S. The zero-order valence-electron chi connectivity index (χ0n) is 20.5. The molecule has 1 aromatic carbocycles. The SMILES string of the molecule is Cc1noc(C)c1S(=O)(=O)Nc1ccc2c(c1)CC(=O)N([C@H](C)CO)C[C@H](C)[C@H](CN(C)C)O2. The number of carbonyl (C=O) groups is 1. The first-order chi connectivity index (χ1) is 15.9. The average Bonchev–Trinajstić information content (AvgIpc) is 3.11. The summed E-state index contributed by atoms with van der Waals surface area (Å²) in [4.78, 5) is 16.9. The molecule has 1 aromatic heterocycles. The molecule has 0 bridgehead atoms. The van der Waals surface area contributed by atoms with E-state index in [1.54, 1.807) is 36.9 Å². The van der Waals surface area contributed by atoms with Gasteiger partial charge in [0.05, 0.1) is 19.1 Å². The third-order valence-corrected chi connectivity index (χ3v) is 7.58. The van der Waals surface area contributed by atoms with Crippen molar-refractivity contribution in [3.05, 3.63) is 35.2 Å². The third kappa shape index (κ3) is 5.70. The van der Waals surface area contributed by atoms with Gasteiger partial charge in [-0.05, 0) is 53.1 Å². The normalized spacial score (nSPS) is 20.2. The average molecular weight is 495 g/mol. The van der Waals surface area contributed by atoms with Gasteiger partial charge in [-0.2, -0.15) is 0 Å². The summed E-state index contributed by atoms with van der Waals surface area (Å²) in [5.41, 5.74) is 1.13. The van der Waals surface area contributed by atoms with Gasteiger partial charge in [0, 0.05) is 30.3 Å². The van der Waals surface area contributed by atoms with Crippen molar-refractivity contribution >= 4 is 21.6 Å². The van der Waals surface area contributed by atoms with Gasteiger partial charge in [0.2, 0.25) is 5.91 Å². The fourth-order valence-electron chi connectivity index (χ4n) is 4.14. The number of aliphatic hydroxyl groups excluding tert-OH is 1. The lowest BCUT2D eigenvalue weighted by atomic mass is 10.0. The molecule has 10 nitrogen and oxygen atoms in total. The number of fused-ring (bicyclic) bond motifs is 1. The van der Waals surface area contributed by atoms with E-state index < -0.39 is 10.0 Å². The first kappa shape index (κ1) is 26.0. The highest BCUT2D eigenvalue weighted by Gasteiger charge is 2.31. The van der Waals surface area contributed by atoms with Gasteiger partial charge >= 0.3 is 0 Å². The van der Waals surface area contributed by atoms with Crippen molar-refractivity contribution in [3.63, 3.8) is 0 Å². The standard InChI is InChI=1S/C23H34N4O6S/c1-14-11-27(15(2)13-28)22(29)10-18-9-19(7-8-20(18)32-21(14)12-26(5)6)25-34(30,31)23-16(3)24-33-17(23)4/h7-9,14-15,21,25,28H,10-13H2,1-6H3/t14-,15+,21-/m0/s1. The first-order valence-corrected chi connectivity index (χ1v) is 12.7. The number of likely N-dealkylation sites (N-methyl/N-ethyl adjacent to an activating group) is 1. The fourth-order valence-corrected chi connectivity index (χ4v) is 5.52. The van der Waals surface area contributed by atoms with Gasteiger partial charge in [-0.1, -0.05) is 12.1 Å². The molecule has 2 N–H and O–H groups in total. The molecule has 1 aliphatic rings. The Balaban J connectivity index is 1.99. The summed E-state index contributed by atoms with van der Waals surface area (Å²) in [7, 11) is -0.0330. The van der Waals surface area contributed by atoms with Gasteiger partial charge in [0.1, 0.15) is 17.5 Å². The minimum absolute atomic E-state index is 0.00372. The second kappa shape index (κ2) is 10.3. The number of hydrogen-bond donors (Lipinski definition) is 2. The van der Waals surface area contributed by atoms with E-state index in [9.17, 15) is 18.3 Å². The molecule has 3 atom stereocenters. The minimum Gasteiger partial charge on any atom is -0.488 e. The highest BCUT2D eigenvalue weighted by molar-refractivity contribution is 7.92. The number of benzene rings is 1. The molecule has 0 fully saturated rings. The molecule has 11 heteroatoms. The van der Waals surface area contributed by atoms with Gasteiger partial charge in [-0.3, -0.25) is 9.52 Å². The smallest absolute Gasteiger partial charge is 0.267 e. The number of aryl methyl sites for hydroxylation is 2. The topological polar surface area (TPSA) is 125 Å². The Labute approximate surface area is 200 Å². The number of rotatable bonds is 7. The third-order valence-electron chi connectivity index (χ3n) is 5.95. The Hall–Kier alpha value is -2.63. The van der Waals surface area contributed by atoms with E-state index in [-0.39, 0.29) is 53.3 Å². The lowest BCUT2D eigenvalue weighted by molar-refractivity contribution is -0.134. The molecule has 0 spiro atoms. The fraction of sp³-hybridized carbons (Fsp3) is 0.565. The van der Waals surface area contributed by atoms with E-state index in [4.69, 9.17) is 9.26 Å². The number of aromatic nitrogens is 1. The minimum atomic E-state index is -3.94. The van der Waals surface area contributed by atoms with E-state index >= 15 is 0 Å². The second-order valence-electron chi connectivity index (χ2n) is 9.23. The van der Waals surface area contributed by atoms with Crippen LogP contribution in [0.5, 0.6) is 5.75 Å². The van der Waals surface area contributed by atoms with E-state index in [0.717, 1.165) is 0 Å². The van der Waals surface area contributed by atoms with Crippen LogP contribution in [0, 0.1) is 19.8 Å². The number of anilines is 1. The number of sulfonamides is 1. The summed E-state index contributed by atoms with van der Waals surface area (Å²) in [6.07, 6.45) is -0.194. The van der Waals surface area contributed by atoms with Crippen molar-refractivity contribution in [2.75, 3.05) is 38.5 Å². The zero-order valence-corrected chi connectivity index (χ0v) is 21.3. The van der Waals surface area contributed by atoms with Crippen LogP contribution in [0.15, 0.2) is 27.6 Å². The summed E-state index contributed by atoms with van der Waals surface area (Å²) in [6, 6.07) is 4.57. The van der Waals surface area contributed by atoms with Crippen LogP contribution in [-0.4, -0.2) is 80.3 Å². The Morgan fingerprint density at radius 2 is 2.03 bits per heavy atom.